The van der Waals surface area contributed by atoms with Gasteiger partial charge in [-0.2, -0.15) is 0 Å². The first-order chi connectivity index (χ1) is 20.9. The van der Waals surface area contributed by atoms with Crippen LogP contribution in [0.15, 0.2) is 116 Å². The second kappa shape index (κ2) is 18.1. The number of carbonyl (C=O) groups is 3. The largest absolute Gasteiger partial charge is 0.455 e. The van der Waals surface area contributed by atoms with Crippen LogP contribution in [0.4, 0.5) is 0 Å². The Bertz CT molecular complexity index is 1300. The van der Waals surface area contributed by atoms with Crippen molar-refractivity contribution >= 4 is 17.8 Å². The van der Waals surface area contributed by atoms with Gasteiger partial charge in [-0.15, -0.1) is 13.2 Å². The lowest BCUT2D eigenvalue weighted by Crippen LogP contribution is -2.39. The highest BCUT2D eigenvalue weighted by Crippen LogP contribution is 2.23. The molecule has 0 saturated carbocycles. The van der Waals surface area contributed by atoms with E-state index in [1.165, 1.54) is 0 Å². The number of aliphatic hydroxyl groups is 1. The first kappa shape index (κ1) is 33.0. The summed E-state index contributed by atoms with van der Waals surface area (Å²) in [6.07, 6.45) is 3.83. The number of nitrogens with zero attached hydrogens (tertiary/aromatic N) is 1. The number of hydrogen-bond acceptors (Lipinski definition) is 5. The number of esters is 1. The molecule has 0 aromatic heterocycles. The fourth-order valence-electron chi connectivity index (χ4n) is 4.87. The van der Waals surface area contributed by atoms with Crippen molar-refractivity contribution in [3.8, 4) is 0 Å². The molecule has 2 amide bonds. The van der Waals surface area contributed by atoms with Crippen molar-refractivity contribution in [2.45, 2.75) is 38.3 Å². The lowest BCUT2D eigenvalue weighted by atomic mass is 9.96. The second-order valence-electron chi connectivity index (χ2n) is 10.4. The van der Waals surface area contributed by atoms with Crippen molar-refractivity contribution in [3.05, 3.63) is 133 Å². The number of ether oxygens (including phenoxy) is 1. The summed E-state index contributed by atoms with van der Waals surface area (Å²) >= 11 is 0. The van der Waals surface area contributed by atoms with Crippen LogP contribution in [0.2, 0.25) is 0 Å². The van der Waals surface area contributed by atoms with Gasteiger partial charge in [-0.1, -0.05) is 103 Å². The van der Waals surface area contributed by atoms with Gasteiger partial charge in [0, 0.05) is 19.5 Å². The summed E-state index contributed by atoms with van der Waals surface area (Å²) in [5.41, 5.74) is 2.71. The highest BCUT2D eigenvalue weighted by Gasteiger charge is 2.27. The maximum Gasteiger partial charge on any atom is 0.310 e. The van der Waals surface area contributed by atoms with Gasteiger partial charge in [-0.05, 0) is 36.0 Å². The van der Waals surface area contributed by atoms with Gasteiger partial charge in [0.05, 0.1) is 25.0 Å². The van der Waals surface area contributed by atoms with Crippen molar-refractivity contribution in [1.29, 1.82) is 0 Å². The summed E-state index contributed by atoms with van der Waals surface area (Å²) in [5, 5.41) is 12.5. The maximum absolute atomic E-state index is 13.4. The van der Waals surface area contributed by atoms with Crippen LogP contribution >= 0.6 is 0 Å². The molecule has 0 aliphatic heterocycles. The van der Waals surface area contributed by atoms with Gasteiger partial charge in [0.25, 0.3) is 0 Å². The van der Waals surface area contributed by atoms with Gasteiger partial charge in [-0.3, -0.25) is 14.4 Å². The third-order valence-electron chi connectivity index (χ3n) is 7.18. The average Bonchev–Trinajstić information content (AvgIpc) is 3.03. The molecule has 7 heteroatoms. The molecule has 3 rings (SSSR count). The number of allylic oxidation sites excluding steroid dienone is 2. The van der Waals surface area contributed by atoms with E-state index in [9.17, 15) is 19.5 Å². The predicted octanol–water partition coefficient (Wildman–Crippen LogP) is 5.43. The van der Waals surface area contributed by atoms with Gasteiger partial charge >= 0.3 is 5.97 Å². The topological polar surface area (TPSA) is 95.9 Å². The summed E-state index contributed by atoms with van der Waals surface area (Å²) in [5.74, 6) is -2.03. The highest BCUT2D eigenvalue weighted by molar-refractivity contribution is 5.86. The normalized spacial score (nSPS) is 12.8. The van der Waals surface area contributed by atoms with Crippen molar-refractivity contribution < 1.29 is 24.2 Å². The Morgan fingerprint density at radius 2 is 1.37 bits per heavy atom. The van der Waals surface area contributed by atoms with E-state index < -0.39 is 17.9 Å². The number of nitrogens with one attached hydrogen (secondary N) is 1. The number of aliphatic hydroxyl groups excluding tert-OH is 1. The molecule has 0 saturated heterocycles. The first-order valence-corrected chi connectivity index (χ1v) is 14.7. The maximum atomic E-state index is 13.4. The van der Waals surface area contributed by atoms with Gasteiger partial charge in [-0.25, -0.2) is 0 Å². The number of rotatable bonds is 18. The number of benzene rings is 3. The summed E-state index contributed by atoms with van der Waals surface area (Å²) in [6.45, 7) is 7.95. The molecule has 0 aliphatic rings. The van der Waals surface area contributed by atoms with Crippen LogP contribution in [0.5, 0.6) is 0 Å². The Balaban J connectivity index is 1.69. The van der Waals surface area contributed by atoms with E-state index in [1.807, 2.05) is 91.0 Å². The van der Waals surface area contributed by atoms with Crippen molar-refractivity contribution in [3.63, 3.8) is 0 Å². The van der Waals surface area contributed by atoms with E-state index >= 15 is 0 Å². The van der Waals surface area contributed by atoms with Crippen LogP contribution in [0.25, 0.3) is 0 Å². The lowest BCUT2D eigenvalue weighted by molar-refractivity contribution is -0.154. The van der Waals surface area contributed by atoms with Crippen molar-refractivity contribution in [1.82, 2.24) is 10.2 Å². The molecule has 226 valence electrons. The Morgan fingerprint density at radius 1 is 0.814 bits per heavy atom. The highest BCUT2D eigenvalue weighted by atomic mass is 16.5. The zero-order chi connectivity index (χ0) is 30.9. The molecular formula is C36H42N2O5. The summed E-state index contributed by atoms with van der Waals surface area (Å²) in [6, 6.07) is 28.5. The molecule has 3 atom stereocenters. The lowest BCUT2D eigenvalue weighted by Gasteiger charge is -2.25. The van der Waals surface area contributed by atoms with E-state index in [0.29, 0.717) is 25.8 Å². The molecule has 7 nitrogen and oxygen atoms in total. The molecule has 0 radical (unpaired) electrons. The Hall–Kier alpha value is -4.49. The van der Waals surface area contributed by atoms with Gasteiger partial charge in [0.2, 0.25) is 11.8 Å². The van der Waals surface area contributed by atoms with Crippen LogP contribution in [-0.4, -0.2) is 47.5 Å². The Kier molecular flexibility index (Phi) is 13.9. The first-order valence-electron chi connectivity index (χ1n) is 14.7. The number of carbonyl (C=O) groups excluding carboxylic acids is 3. The monoisotopic (exact) mass is 582 g/mol. The van der Waals surface area contributed by atoms with Crippen molar-refractivity contribution in [2.24, 2.45) is 11.8 Å². The van der Waals surface area contributed by atoms with Crippen LogP contribution in [0.1, 0.15) is 42.1 Å². The zero-order valence-electron chi connectivity index (χ0n) is 24.6. The van der Waals surface area contributed by atoms with Crippen LogP contribution in [0.3, 0.4) is 0 Å². The Morgan fingerprint density at radius 3 is 1.95 bits per heavy atom. The molecule has 0 unspecified atom stereocenters. The summed E-state index contributed by atoms with van der Waals surface area (Å²) in [7, 11) is 0. The molecule has 2 N–H and O–H groups in total. The average molecular weight is 583 g/mol. The van der Waals surface area contributed by atoms with Crippen LogP contribution in [0, 0.1) is 11.8 Å². The molecule has 0 heterocycles. The minimum Gasteiger partial charge on any atom is -0.455 e. The van der Waals surface area contributed by atoms with E-state index in [1.54, 1.807) is 17.1 Å². The second-order valence-corrected chi connectivity index (χ2v) is 10.4. The van der Waals surface area contributed by atoms with E-state index in [0.717, 1.165) is 16.7 Å². The quantitative estimate of drug-likeness (QED) is 0.154. The van der Waals surface area contributed by atoms with E-state index in [4.69, 9.17) is 4.74 Å². The Labute approximate surface area is 254 Å². The molecule has 43 heavy (non-hydrogen) atoms. The van der Waals surface area contributed by atoms with Gasteiger partial charge in [0.15, 0.2) is 0 Å². The number of hydrogen-bond donors (Lipinski definition) is 2. The fraction of sp³-hybridized carbons (Fsp3) is 0.306. The summed E-state index contributed by atoms with van der Waals surface area (Å²) < 4.78 is 6.01. The molecule has 0 bridgehead atoms. The molecule has 0 fully saturated rings. The third kappa shape index (κ3) is 11.0. The van der Waals surface area contributed by atoms with E-state index in [-0.39, 0.29) is 43.9 Å². The van der Waals surface area contributed by atoms with Gasteiger partial charge < -0.3 is 20.1 Å². The zero-order valence-corrected chi connectivity index (χ0v) is 24.6. The molecule has 0 spiro atoms. The van der Waals surface area contributed by atoms with E-state index in [2.05, 4.69) is 18.5 Å². The minimum absolute atomic E-state index is 0.0427. The SMILES string of the molecule is C=CC[C@H](CC(=O)N(CCO)Cc1ccccc1)C(=O)NC[C@@H](OC(=O)[C@H](CC=C)Cc1ccccc1)c1ccccc1. The third-order valence-corrected chi connectivity index (χ3v) is 7.18. The molecule has 3 aromatic rings. The minimum atomic E-state index is -0.718. The summed E-state index contributed by atoms with van der Waals surface area (Å²) in [4.78, 5) is 41.5. The fourth-order valence-corrected chi connectivity index (χ4v) is 4.87. The molecule has 3 aromatic carbocycles. The number of amides is 2. The van der Waals surface area contributed by atoms with Crippen LogP contribution in [-0.2, 0) is 32.1 Å². The molecular weight excluding hydrogens is 540 g/mol. The van der Waals surface area contributed by atoms with Crippen LogP contribution < -0.4 is 5.32 Å². The predicted molar refractivity (Wildman–Crippen MR) is 169 cm³/mol. The smallest absolute Gasteiger partial charge is 0.310 e. The standard InChI is InChI=1S/C36H42N2O5/c1-3-14-31(25-34(40)38(22-23-39)27-29-18-10-6-11-19-29)35(41)37-26-33(30-20-12-7-13-21-30)43-36(42)32(15-4-2)24-28-16-8-5-9-17-28/h3-13,16-21,31-33,39H,1-2,14-15,22-27H2,(H,37,41)/t31-,32-,33-/m1/s1. The van der Waals surface area contributed by atoms with Crippen molar-refractivity contribution in [2.75, 3.05) is 19.7 Å². The molecule has 0 aliphatic carbocycles. The van der Waals surface area contributed by atoms with Gasteiger partial charge in [0.1, 0.15) is 6.10 Å².